The van der Waals surface area contributed by atoms with Crippen molar-refractivity contribution in [3.63, 3.8) is 0 Å². The van der Waals surface area contributed by atoms with Crippen molar-refractivity contribution in [1.29, 1.82) is 0 Å². The van der Waals surface area contributed by atoms with Gasteiger partial charge in [-0.15, -0.1) is 0 Å². The summed E-state index contributed by atoms with van der Waals surface area (Å²) in [7, 11) is 0. The third-order valence-electron chi connectivity index (χ3n) is 2.27. The highest BCUT2D eigenvalue weighted by Crippen LogP contribution is 2.22. The predicted molar refractivity (Wildman–Crippen MR) is 68.0 cm³/mol. The molecule has 4 nitrogen and oxygen atoms in total. The summed E-state index contributed by atoms with van der Waals surface area (Å²) in [6.07, 6.45) is 0.596. The summed E-state index contributed by atoms with van der Waals surface area (Å²) in [6.45, 7) is 1.47. The lowest BCUT2D eigenvalue weighted by molar-refractivity contribution is -0.116. The Balaban J connectivity index is 2.13. The number of ketones is 1. The van der Waals surface area contributed by atoms with Gasteiger partial charge >= 0.3 is 0 Å². The minimum atomic E-state index is -0.0188. The number of halogens is 2. The first-order chi connectivity index (χ1) is 8.54. The fourth-order valence-corrected chi connectivity index (χ4v) is 1.96. The largest absolute Gasteiger partial charge is 0.339 e. The molecular formula is C12H10Cl2N2O2. The highest BCUT2D eigenvalue weighted by molar-refractivity contribution is 6.35. The quantitative estimate of drug-likeness (QED) is 0.866. The second kappa shape index (κ2) is 5.50. The van der Waals surface area contributed by atoms with E-state index in [2.05, 4.69) is 10.1 Å². The summed E-state index contributed by atoms with van der Waals surface area (Å²) >= 11 is 11.9. The number of nitrogens with zero attached hydrogens (tertiary/aromatic N) is 2. The Bertz CT molecular complexity index is 581. The van der Waals surface area contributed by atoms with Crippen LogP contribution in [-0.2, 0) is 17.6 Å². The fraction of sp³-hybridized carbons (Fsp3) is 0.250. The van der Waals surface area contributed by atoms with E-state index in [0.29, 0.717) is 28.2 Å². The summed E-state index contributed by atoms with van der Waals surface area (Å²) < 4.78 is 4.96. The number of rotatable bonds is 4. The molecule has 2 aromatic rings. The van der Waals surface area contributed by atoms with E-state index in [4.69, 9.17) is 27.7 Å². The van der Waals surface area contributed by atoms with Crippen LogP contribution in [0.25, 0.3) is 0 Å². The maximum atomic E-state index is 10.9. The molecule has 2 rings (SSSR count). The molecule has 6 heteroatoms. The van der Waals surface area contributed by atoms with E-state index in [-0.39, 0.29) is 12.2 Å². The summed E-state index contributed by atoms with van der Waals surface area (Å²) in [5.41, 5.74) is 0.858. The lowest BCUT2D eigenvalue weighted by atomic mass is 10.1. The average molecular weight is 285 g/mol. The van der Waals surface area contributed by atoms with Crippen molar-refractivity contribution in [1.82, 2.24) is 10.1 Å². The molecule has 1 heterocycles. The smallest absolute Gasteiger partial charge is 0.234 e. The van der Waals surface area contributed by atoms with Crippen LogP contribution in [0.3, 0.4) is 0 Å². The van der Waals surface area contributed by atoms with Crippen LogP contribution in [0, 0.1) is 0 Å². The van der Waals surface area contributed by atoms with E-state index in [1.807, 2.05) is 6.07 Å². The predicted octanol–water partition coefficient (Wildman–Crippen LogP) is 3.10. The van der Waals surface area contributed by atoms with Gasteiger partial charge in [0.2, 0.25) is 5.89 Å². The lowest BCUT2D eigenvalue weighted by Crippen LogP contribution is -1.97. The minimum absolute atomic E-state index is 0.0188. The Labute approximate surface area is 114 Å². The van der Waals surface area contributed by atoms with Crippen molar-refractivity contribution in [3.05, 3.63) is 45.5 Å². The molecule has 0 aliphatic rings. The van der Waals surface area contributed by atoms with Crippen molar-refractivity contribution >= 4 is 29.0 Å². The summed E-state index contributed by atoms with van der Waals surface area (Å²) in [6, 6.07) is 5.22. The van der Waals surface area contributed by atoms with Gasteiger partial charge < -0.3 is 4.52 Å². The molecule has 94 valence electrons. The van der Waals surface area contributed by atoms with Gasteiger partial charge in [-0.25, -0.2) is 0 Å². The number of carbonyl (C=O) groups excluding carboxylic acids is 1. The van der Waals surface area contributed by atoms with Crippen molar-refractivity contribution in [2.45, 2.75) is 19.8 Å². The molecule has 18 heavy (non-hydrogen) atoms. The van der Waals surface area contributed by atoms with E-state index in [1.165, 1.54) is 6.92 Å². The van der Waals surface area contributed by atoms with E-state index in [9.17, 15) is 4.79 Å². The topological polar surface area (TPSA) is 56.0 Å². The summed E-state index contributed by atoms with van der Waals surface area (Å²) in [4.78, 5) is 15.0. The van der Waals surface area contributed by atoms with E-state index in [1.54, 1.807) is 12.1 Å². The van der Waals surface area contributed by atoms with Gasteiger partial charge in [0.25, 0.3) is 0 Å². The standard InChI is InChI=1S/C12H10Cl2N2O2/c1-7(17)4-12-15-11(16-18-12)5-8-2-3-9(13)6-10(8)14/h2-3,6H,4-5H2,1H3. The molecule has 0 spiro atoms. The molecule has 1 aromatic carbocycles. The first-order valence-electron chi connectivity index (χ1n) is 5.29. The van der Waals surface area contributed by atoms with Crippen LogP contribution in [0.5, 0.6) is 0 Å². The van der Waals surface area contributed by atoms with Crippen molar-refractivity contribution in [3.8, 4) is 0 Å². The molecule has 0 bridgehead atoms. The molecule has 0 unspecified atom stereocenters. The Morgan fingerprint density at radius 3 is 2.83 bits per heavy atom. The van der Waals surface area contributed by atoms with Crippen molar-refractivity contribution < 1.29 is 9.32 Å². The van der Waals surface area contributed by atoms with Crippen LogP contribution in [0.1, 0.15) is 24.2 Å². The van der Waals surface area contributed by atoms with E-state index in [0.717, 1.165) is 5.56 Å². The fourth-order valence-electron chi connectivity index (χ4n) is 1.48. The van der Waals surface area contributed by atoms with Gasteiger partial charge in [0.15, 0.2) is 5.82 Å². The molecule has 0 radical (unpaired) electrons. The van der Waals surface area contributed by atoms with Crippen LogP contribution in [0.15, 0.2) is 22.7 Å². The maximum Gasteiger partial charge on any atom is 0.234 e. The molecule has 0 amide bonds. The average Bonchev–Trinajstić information content (AvgIpc) is 2.69. The zero-order chi connectivity index (χ0) is 13.1. The van der Waals surface area contributed by atoms with Crippen LogP contribution in [-0.4, -0.2) is 15.9 Å². The number of hydrogen-bond donors (Lipinski definition) is 0. The second-order valence-electron chi connectivity index (χ2n) is 3.90. The zero-order valence-corrected chi connectivity index (χ0v) is 11.1. The Morgan fingerprint density at radius 2 is 2.17 bits per heavy atom. The normalized spacial score (nSPS) is 10.6. The Morgan fingerprint density at radius 1 is 1.39 bits per heavy atom. The number of aromatic nitrogens is 2. The van der Waals surface area contributed by atoms with Gasteiger partial charge in [-0.3, -0.25) is 4.79 Å². The molecule has 0 atom stereocenters. The molecule has 0 saturated carbocycles. The molecule has 1 aromatic heterocycles. The second-order valence-corrected chi connectivity index (χ2v) is 4.74. The van der Waals surface area contributed by atoms with E-state index < -0.39 is 0 Å². The number of carbonyl (C=O) groups is 1. The molecule has 0 saturated heterocycles. The molecular weight excluding hydrogens is 275 g/mol. The zero-order valence-electron chi connectivity index (χ0n) is 9.61. The van der Waals surface area contributed by atoms with Crippen LogP contribution >= 0.6 is 23.2 Å². The summed E-state index contributed by atoms with van der Waals surface area (Å²) in [5, 5.41) is 4.93. The molecule has 0 aliphatic carbocycles. The highest BCUT2D eigenvalue weighted by Gasteiger charge is 2.10. The monoisotopic (exact) mass is 284 g/mol. The van der Waals surface area contributed by atoms with Crippen molar-refractivity contribution in [2.24, 2.45) is 0 Å². The number of Topliss-reactive ketones (excluding diaryl/α,β-unsaturated/α-hetero) is 1. The van der Waals surface area contributed by atoms with E-state index >= 15 is 0 Å². The first-order valence-corrected chi connectivity index (χ1v) is 6.05. The lowest BCUT2D eigenvalue weighted by Gasteiger charge is -2.00. The maximum absolute atomic E-state index is 10.9. The third-order valence-corrected chi connectivity index (χ3v) is 2.86. The Hall–Kier alpha value is -1.39. The number of benzene rings is 1. The van der Waals surface area contributed by atoms with Gasteiger partial charge in [0.1, 0.15) is 5.78 Å². The van der Waals surface area contributed by atoms with Gasteiger partial charge in [0.05, 0.1) is 6.42 Å². The van der Waals surface area contributed by atoms with Gasteiger partial charge in [-0.1, -0.05) is 34.4 Å². The van der Waals surface area contributed by atoms with Gasteiger partial charge in [-0.05, 0) is 24.6 Å². The third kappa shape index (κ3) is 3.31. The van der Waals surface area contributed by atoms with Crippen LogP contribution < -0.4 is 0 Å². The van der Waals surface area contributed by atoms with Gasteiger partial charge in [-0.2, -0.15) is 4.98 Å². The molecule has 0 fully saturated rings. The van der Waals surface area contributed by atoms with Crippen LogP contribution in [0.4, 0.5) is 0 Å². The molecule has 0 aliphatic heterocycles. The number of hydrogen-bond acceptors (Lipinski definition) is 4. The first kappa shape index (κ1) is 13.1. The van der Waals surface area contributed by atoms with Crippen LogP contribution in [0.2, 0.25) is 10.0 Å². The minimum Gasteiger partial charge on any atom is -0.339 e. The highest BCUT2D eigenvalue weighted by atomic mass is 35.5. The molecule has 0 N–H and O–H groups in total. The van der Waals surface area contributed by atoms with Crippen molar-refractivity contribution in [2.75, 3.05) is 0 Å². The summed E-state index contributed by atoms with van der Waals surface area (Å²) in [5.74, 6) is 0.799. The SMILES string of the molecule is CC(=O)Cc1nc(Cc2ccc(Cl)cc2Cl)no1. The van der Waals surface area contributed by atoms with Gasteiger partial charge in [0, 0.05) is 16.5 Å². The Kier molecular flexibility index (Phi) is 3.99.